The Kier molecular flexibility index (Phi) is 6.17. The molecule has 1 heterocycles. The molecule has 7 nitrogen and oxygen atoms in total. The summed E-state index contributed by atoms with van der Waals surface area (Å²) in [5.41, 5.74) is 0.122. The number of benzene rings is 1. The van der Waals surface area contributed by atoms with Crippen molar-refractivity contribution in [1.29, 1.82) is 5.26 Å². The molecule has 11 heteroatoms. The molecule has 0 saturated heterocycles. The summed E-state index contributed by atoms with van der Waals surface area (Å²) in [7, 11) is 0. The van der Waals surface area contributed by atoms with E-state index >= 15 is 0 Å². The molecule has 0 amide bonds. The highest BCUT2D eigenvalue weighted by Crippen LogP contribution is 2.32. The number of alkyl halides is 3. The number of ether oxygens (including phenoxy) is 3. The van der Waals surface area contributed by atoms with Crippen LogP contribution in [0.3, 0.4) is 0 Å². The lowest BCUT2D eigenvalue weighted by Crippen LogP contribution is -2.27. The second-order valence-electron chi connectivity index (χ2n) is 5.06. The standard InChI is InChI=1S/C16H13ClF3N3O4/c1-3-25-15(24)9(2)26-14-10(7-21)8-22-23(14)13-5-4-11(6-12(13)17)27-16(18,19)20/h4-6,8-9H,3H2,1-2H3. The Hall–Kier alpha value is -2.93. The molecule has 1 unspecified atom stereocenters. The predicted molar refractivity (Wildman–Crippen MR) is 86.7 cm³/mol. The van der Waals surface area contributed by atoms with Gasteiger partial charge in [0.25, 0.3) is 0 Å². The van der Waals surface area contributed by atoms with Gasteiger partial charge in [0.05, 0.1) is 23.5 Å². The lowest BCUT2D eigenvalue weighted by atomic mass is 10.3. The molecule has 0 N–H and O–H groups in total. The molecule has 1 aromatic carbocycles. The quantitative estimate of drug-likeness (QED) is 0.685. The van der Waals surface area contributed by atoms with Crippen LogP contribution in [-0.4, -0.2) is 34.8 Å². The summed E-state index contributed by atoms with van der Waals surface area (Å²) in [6.45, 7) is 3.18. The molecule has 0 aliphatic rings. The van der Waals surface area contributed by atoms with E-state index in [0.717, 1.165) is 16.8 Å². The van der Waals surface area contributed by atoms with Crippen molar-refractivity contribution in [2.45, 2.75) is 26.3 Å². The molecule has 1 atom stereocenters. The summed E-state index contributed by atoms with van der Waals surface area (Å²) in [4.78, 5) is 11.8. The van der Waals surface area contributed by atoms with Gasteiger partial charge in [-0.3, -0.25) is 0 Å². The number of esters is 1. The molecule has 0 spiro atoms. The first-order chi connectivity index (χ1) is 12.7. The monoisotopic (exact) mass is 403 g/mol. The minimum atomic E-state index is -4.87. The zero-order valence-corrected chi connectivity index (χ0v) is 14.8. The van der Waals surface area contributed by atoms with Gasteiger partial charge in [-0.2, -0.15) is 15.0 Å². The Labute approximate surface area is 156 Å². The summed E-state index contributed by atoms with van der Waals surface area (Å²) in [5, 5.41) is 13.0. The van der Waals surface area contributed by atoms with E-state index in [1.165, 1.54) is 19.2 Å². The van der Waals surface area contributed by atoms with Gasteiger partial charge in [-0.1, -0.05) is 11.6 Å². The third kappa shape index (κ3) is 5.04. The zero-order valence-electron chi connectivity index (χ0n) is 14.1. The normalized spacial score (nSPS) is 12.2. The highest BCUT2D eigenvalue weighted by molar-refractivity contribution is 6.32. The number of rotatable bonds is 6. The fourth-order valence-electron chi connectivity index (χ4n) is 2.03. The second-order valence-corrected chi connectivity index (χ2v) is 5.47. The summed E-state index contributed by atoms with van der Waals surface area (Å²) >= 11 is 6.03. The van der Waals surface area contributed by atoms with Crippen molar-refractivity contribution in [3.63, 3.8) is 0 Å². The average molecular weight is 404 g/mol. The van der Waals surface area contributed by atoms with Crippen LogP contribution in [-0.2, 0) is 9.53 Å². The van der Waals surface area contributed by atoms with Crippen LogP contribution in [0.25, 0.3) is 5.69 Å². The predicted octanol–water partition coefficient (Wildman–Crippen LogP) is 3.63. The Morgan fingerprint density at radius 3 is 2.70 bits per heavy atom. The Bertz CT molecular complexity index is 877. The Balaban J connectivity index is 2.38. The third-order valence-corrected chi connectivity index (χ3v) is 3.44. The van der Waals surface area contributed by atoms with Gasteiger partial charge in [0, 0.05) is 6.07 Å². The molecule has 2 aromatic rings. The number of aromatic nitrogens is 2. The molecule has 0 bridgehead atoms. The fraction of sp³-hybridized carbons (Fsp3) is 0.312. The maximum Gasteiger partial charge on any atom is 0.573 e. The first-order valence-electron chi connectivity index (χ1n) is 7.53. The van der Waals surface area contributed by atoms with Crippen molar-refractivity contribution in [1.82, 2.24) is 9.78 Å². The molecule has 0 fully saturated rings. The number of nitriles is 1. The average Bonchev–Trinajstić information content (AvgIpc) is 2.96. The van der Waals surface area contributed by atoms with Crippen LogP contribution in [0.1, 0.15) is 19.4 Å². The number of hydrogen-bond acceptors (Lipinski definition) is 6. The van der Waals surface area contributed by atoms with Gasteiger partial charge in [0.1, 0.15) is 17.4 Å². The zero-order chi connectivity index (χ0) is 20.2. The number of halogens is 4. The van der Waals surface area contributed by atoms with Gasteiger partial charge in [-0.15, -0.1) is 13.2 Å². The molecule has 0 saturated carbocycles. The minimum absolute atomic E-state index is 0.00201. The van der Waals surface area contributed by atoms with Crippen molar-refractivity contribution in [3.8, 4) is 23.4 Å². The molecule has 27 heavy (non-hydrogen) atoms. The number of carbonyl (C=O) groups excluding carboxylic acids is 1. The Morgan fingerprint density at radius 2 is 2.15 bits per heavy atom. The van der Waals surface area contributed by atoms with Crippen LogP contribution in [0.4, 0.5) is 13.2 Å². The van der Waals surface area contributed by atoms with Crippen molar-refractivity contribution in [2.75, 3.05) is 6.61 Å². The van der Waals surface area contributed by atoms with Gasteiger partial charge in [-0.05, 0) is 26.0 Å². The van der Waals surface area contributed by atoms with Crippen molar-refractivity contribution in [2.24, 2.45) is 0 Å². The highest BCUT2D eigenvalue weighted by atomic mass is 35.5. The molecular weight excluding hydrogens is 391 g/mol. The molecule has 144 valence electrons. The molecule has 2 rings (SSSR count). The first-order valence-corrected chi connectivity index (χ1v) is 7.91. The minimum Gasteiger partial charge on any atom is -0.463 e. The summed E-state index contributed by atoms with van der Waals surface area (Å²) in [6.07, 6.45) is -4.75. The van der Waals surface area contributed by atoms with Crippen molar-refractivity contribution >= 4 is 17.6 Å². The van der Waals surface area contributed by atoms with Crippen molar-refractivity contribution < 1.29 is 32.2 Å². The van der Waals surface area contributed by atoms with Gasteiger partial charge in [0.15, 0.2) is 6.10 Å². The van der Waals surface area contributed by atoms with Crippen LogP contribution >= 0.6 is 11.6 Å². The topological polar surface area (TPSA) is 86.4 Å². The number of carbonyl (C=O) groups is 1. The van der Waals surface area contributed by atoms with Gasteiger partial charge >= 0.3 is 12.3 Å². The van der Waals surface area contributed by atoms with Crippen LogP contribution in [0.15, 0.2) is 24.4 Å². The van der Waals surface area contributed by atoms with Crippen molar-refractivity contribution in [3.05, 3.63) is 35.0 Å². The summed E-state index contributed by atoms with van der Waals surface area (Å²) < 4.78 is 52.1. The lowest BCUT2D eigenvalue weighted by molar-refractivity contribution is -0.274. The molecule has 0 aliphatic carbocycles. The third-order valence-electron chi connectivity index (χ3n) is 3.13. The van der Waals surface area contributed by atoms with E-state index in [0.29, 0.717) is 0 Å². The van der Waals surface area contributed by atoms with E-state index < -0.39 is 24.2 Å². The van der Waals surface area contributed by atoms with Crippen LogP contribution in [0.5, 0.6) is 11.6 Å². The SMILES string of the molecule is CCOC(=O)C(C)Oc1c(C#N)cnn1-c1ccc(OC(F)(F)F)cc1Cl. The molecule has 0 aliphatic heterocycles. The molecular formula is C16H13ClF3N3O4. The number of nitrogens with zero attached hydrogens (tertiary/aromatic N) is 3. The Morgan fingerprint density at radius 1 is 1.44 bits per heavy atom. The van der Waals surface area contributed by atoms with Gasteiger partial charge < -0.3 is 14.2 Å². The lowest BCUT2D eigenvalue weighted by Gasteiger charge is -2.16. The maximum absolute atomic E-state index is 12.3. The maximum atomic E-state index is 12.3. The fourth-order valence-corrected chi connectivity index (χ4v) is 2.28. The smallest absolute Gasteiger partial charge is 0.463 e. The summed E-state index contributed by atoms with van der Waals surface area (Å²) in [5.74, 6) is -1.29. The van der Waals surface area contributed by atoms with E-state index in [4.69, 9.17) is 21.1 Å². The second kappa shape index (κ2) is 8.18. The van der Waals surface area contributed by atoms with E-state index in [1.54, 1.807) is 6.92 Å². The number of hydrogen-bond donors (Lipinski definition) is 0. The largest absolute Gasteiger partial charge is 0.573 e. The molecule has 1 aromatic heterocycles. The van der Waals surface area contributed by atoms with Gasteiger partial charge in [-0.25, -0.2) is 4.79 Å². The van der Waals surface area contributed by atoms with E-state index in [-0.39, 0.29) is 28.8 Å². The van der Waals surface area contributed by atoms with Crippen LogP contribution in [0.2, 0.25) is 5.02 Å². The molecule has 0 radical (unpaired) electrons. The summed E-state index contributed by atoms with van der Waals surface area (Å²) in [6, 6.07) is 5.02. The van der Waals surface area contributed by atoms with E-state index in [9.17, 15) is 23.2 Å². The van der Waals surface area contributed by atoms with E-state index in [2.05, 4.69) is 9.84 Å². The van der Waals surface area contributed by atoms with Crippen LogP contribution < -0.4 is 9.47 Å². The van der Waals surface area contributed by atoms with Crippen LogP contribution in [0, 0.1) is 11.3 Å². The van der Waals surface area contributed by atoms with Gasteiger partial charge in [0.2, 0.25) is 5.88 Å². The highest BCUT2D eigenvalue weighted by Gasteiger charge is 2.31. The van der Waals surface area contributed by atoms with E-state index in [1.807, 2.05) is 6.07 Å². The first kappa shape index (κ1) is 20.4.